The van der Waals surface area contributed by atoms with Gasteiger partial charge in [0, 0.05) is 44.8 Å². The lowest BCUT2D eigenvalue weighted by Crippen LogP contribution is -2.56. The number of carbonyl (C=O) groups is 1. The van der Waals surface area contributed by atoms with E-state index in [-0.39, 0.29) is 18.2 Å². The van der Waals surface area contributed by atoms with E-state index in [4.69, 9.17) is 14.2 Å². The third-order valence-electron chi connectivity index (χ3n) is 9.08. The van der Waals surface area contributed by atoms with E-state index in [0.717, 1.165) is 69.0 Å². The lowest BCUT2D eigenvalue weighted by Gasteiger charge is -2.49. The molecule has 7 nitrogen and oxygen atoms in total. The van der Waals surface area contributed by atoms with Crippen LogP contribution in [0.1, 0.15) is 51.5 Å². The zero-order chi connectivity index (χ0) is 23.5. The maximum Gasteiger partial charge on any atom is 0.314 e. The standard InChI is InChI=1S/C27H36N2O5/c1-18-5-4-8-26(2)9-10-27(31)20(25(30)34-24(27)22(18)26)16-29-13-11-28(12-14-29)15-19-6-3-7-21-23(19)33-17-32-21/h3,6-7,20,24,31H,4-5,8-17H2,1-2H3/t20?,24-,26+,27?/m0/s1. The van der Waals surface area contributed by atoms with E-state index in [1.54, 1.807) is 0 Å². The number of hydrogen-bond acceptors (Lipinski definition) is 7. The van der Waals surface area contributed by atoms with Gasteiger partial charge in [-0.05, 0) is 56.1 Å². The van der Waals surface area contributed by atoms with E-state index in [1.165, 1.54) is 17.6 Å². The molecule has 2 saturated heterocycles. The molecule has 4 atom stereocenters. The molecule has 0 amide bonds. The van der Waals surface area contributed by atoms with Gasteiger partial charge in [0.2, 0.25) is 6.79 Å². The summed E-state index contributed by atoms with van der Waals surface area (Å²) in [6, 6.07) is 6.06. The highest BCUT2D eigenvalue weighted by Crippen LogP contribution is 2.57. The van der Waals surface area contributed by atoms with Crippen molar-refractivity contribution in [1.82, 2.24) is 9.80 Å². The lowest BCUT2D eigenvalue weighted by atomic mass is 9.58. The Bertz CT molecular complexity index is 1020. The summed E-state index contributed by atoms with van der Waals surface area (Å²) in [5.41, 5.74) is 2.67. The van der Waals surface area contributed by atoms with E-state index in [1.807, 2.05) is 12.1 Å². The van der Waals surface area contributed by atoms with Crippen molar-refractivity contribution in [2.75, 3.05) is 39.5 Å². The van der Waals surface area contributed by atoms with Crippen LogP contribution in [0.5, 0.6) is 11.5 Å². The summed E-state index contributed by atoms with van der Waals surface area (Å²) in [4.78, 5) is 17.8. The second-order valence-corrected chi connectivity index (χ2v) is 11.2. The third-order valence-corrected chi connectivity index (χ3v) is 9.08. The Morgan fingerprint density at radius 3 is 2.71 bits per heavy atom. The number of carbonyl (C=O) groups excluding carboxylic acids is 1. The number of benzene rings is 1. The summed E-state index contributed by atoms with van der Waals surface area (Å²) in [5.74, 6) is 0.995. The number of esters is 1. The molecule has 184 valence electrons. The topological polar surface area (TPSA) is 71.5 Å². The van der Waals surface area contributed by atoms with Gasteiger partial charge in [-0.25, -0.2) is 0 Å². The molecular formula is C27H36N2O5. The van der Waals surface area contributed by atoms with Gasteiger partial charge in [0.25, 0.3) is 0 Å². The van der Waals surface area contributed by atoms with Crippen LogP contribution in [0.15, 0.2) is 29.3 Å². The van der Waals surface area contributed by atoms with Gasteiger partial charge in [0.05, 0.1) is 0 Å². The van der Waals surface area contributed by atoms with E-state index in [9.17, 15) is 9.90 Å². The Balaban J connectivity index is 1.11. The van der Waals surface area contributed by atoms with Crippen LogP contribution in [-0.2, 0) is 16.1 Å². The van der Waals surface area contributed by atoms with E-state index >= 15 is 0 Å². The molecule has 2 unspecified atom stereocenters. The molecular weight excluding hydrogens is 432 g/mol. The average molecular weight is 469 g/mol. The second-order valence-electron chi connectivity index (χ2n) is 11.2. The summed E-state index contributed by atoms with van der Waals surface area (Å²) >= 11 is 0. The molecule has 7 heteroatoms. The fourth-order valence-corrected chi connectivity index (χ4v) is 7.08. The van der Waals surface area contributed by atoms with Crippen LogP contribution in [-0.4, -0.2) is 72.1 Å². The fraction of sp³-hybridized carbons (Fsp3) is 0.667. The highest BCUT2D eigenvalue weighted by Gasteiger charge is 2.63. The molecule has 0 spiro atoms. The number of nitrogens with zero attached hydrogens (tertiary/aromatic N) is 2. The first-order valence-electron chi connectivity index (χ1n) is 12.8. The number of allylic oxidation sites excluding steroid dienone is 1. The highest BCUT2D eigenvalue weighted by atomic mass is 16.7. The SMILES string of the molecule is CC1=C2[C@@H]3OC(=O)C(CN4CCN(Cc5cccc6c5OCO6)CC4)C3(O)CC[C@@]2(C)CCC1. The molecule has 0 bridgehead atoms. The van der Waals surface area contributed by atoms with Crippen LogP contribution in [0.2, 0.25) is 0 Å². The van der Waals surface area contributed by atoms with Gasteiger partial charge < -0.3 is 19.3 Å². The number of aliphatic hydroxyl groups is 1. The van der Waals surface area contributed by atoms with Crippen LogP contribution in [0.4, 0.5) is 0 Å². The van der Waals surface area contributed by atoms with Crippen LogP contribution < -0.4 is 9.47 Å². The number of rotatable bonds is 4. The first-order valence-corrected chi connectivity index (χ1v) is 12.8. The summed E-state index contributed by atoms with van der Waals surface area (Å²) in [6.45, 7) is 9.71. The monoisotopic (exact) mass is 468 g/mol. The summed E-state index contributed by atoms with van der Waals surface area (Å²) < 4.78 is 17.1. The molecule has 5 aliphatic rings. The van der Waals surface area contributed by atoms with Crippen LogP contribution in [0, 0.1) is 11.3 Å². The molecule has 34 heavy (non-hydrogen) atoms. The first-order chi connectivity index (χ1) is 16.4. The third kappa shape index (κ3) is 3.55. The van der Waals surface area contributed by atoms with E-state index in [0.29, 0.717) is 13.0 Å². The van der Waals surface area contributed by atoms with Gasteiger partial charge in [-0.15, -0.1) is 0 Å². The Hall–Kier alpha value is -2.09. The fourth-order valence-electron chi connectivity index (χ4n) is 7.08. The minimum Gasteiger partial charge on any atom is -0.454 e. The predicted octanol–water partition coefficient (Wildman–Crippen LogP) is 3.11. The predicted molar refractivity (Wildman–Crippen MR) is 126 cm³/mol. The van der Waals surface area contributed by atoms with E-state index in [2.05, 4.69) is 29.7 Å². The quantitative estimate of drug-likeness (QED) is 0.538. The van der Waals surface area contributed by atoms with Crippen molar-refractivity contribution >= 4 is 5.97 Å². The average Bonchev–Trinajstić information content (AvgIpc) is 3.39. The van der Waals surface area contributed by atoms with Crippen molar-refractivity contribution in [2.45, 2.75) is 64.2 Å². The van der Waals surface area contributed by atoms with Crippen LogP contribution >= 0.6 is 0 Å². The Kier molecular flexibility index (Phi) is 5.43. The molecule has 0 radical (unpaired) electrons. The minimum absolute atomic E-state index is 0.0619. The van der Waals surface area contributed by atoms with Gasteiger partial charge in [-0.1, -0.05) is 24.6 Å². The molecule has 3 fully saturated rings. The molecule has 3 heterocycles. The van der Waals surface area contributed by atoms with Crippen molar-refractivity contribution in [3.8, 4) is 11.5 Å². The second kappa shape index (κ2) is 8.25. The molecule has 1 N–H and O–H groups in total. The summed E-state index contributed by atoms with van der Waals surface area (Å²) in [5, 5.41) is 11.8. The number of hydrogen-bond donors (Lipinski definition) is 1. The number of ether oxygens (including phenoxy) is 3. The summed E-state index contributed by atoms with van der Waals surface area (Å²) in [6.07, 6.45) is 4.46. The molecule has 0 aromatic heterocycles. The molecule has 1 aromatic rings. The molecule has 1 aromatic carbocycles. The molecule has 6 rings (SSSR count). The van der Waals surface area contributed by atoms with Crippen molar-refractivity contribution in [3.63, 3.8) is 0 Å². The Morgan fingerprint density at radius 1 is 1.09 bits per heavy atom. The number of fused-ring (bicyclic) bond motifs is 4. The zero-order valence-electron chi connectivity index (χ0n) is 20.3. The first kappa shape index (κ1) is 22.4. The maximum absolute atomic E-state index is 13.1. The summed E-state index contributed by atoms with van der Waals surface area (Å²) in [7, 11) is 0. The highest BCUT2D eigenvalue weighted by molar-refractivity contribution is 5.78. The van der Waals surface area contributed by atoms with Crippen molar-refractivity contribution < 1.29 is 24.1 Å². The lowest BCUT2D eigenvalue weighted by molar-refractivity contribution is -0.144. The molecule has 1 saturated carbocycles. The van der Waals surface area contributed by atoms with Crippen LogP contribution in [0.25, 0.3) is 0 Å². The maximum atomic E-state index is 13.1. The number of piperazine rings is 1. The van der Waals surface area contributed by atoms with Crippen molar-refractivity contribution in [2.24, 2.45) is 11.3 Å². The van der Waals surface area contributed by atoms with E-state index < -0.39 is 17.6 Å². The normalized spacial score (nSPS) is 35.8. The van der Waals surface area contributed by atoms with Crippen molar-refractivity contribution in [1.29, 1.82) is 0 Å². The zero-order valence-corrected chi connectivity index (χ0v) is 20.3. The van der Waals surface area contributed by atoms with Gasteiger partial charge in [0.15, 0.2) is 17.6 Å². The Morgan fingerprint density at radius 2 is 1.88 bits per heavy atom. The smallest absolute Gasteiger partial charge is 0.314 e. The molecule has 2 aliphatic carbocycles. The molecule has 3 aliphatic heterocycles. The minimum atomic E-state index is -1.08. The van der Waals surface area contributed by atoms with Crippen molar-refractivity contribution in [3.05, 3.63) is 34.9 Å². The largest absolute Gasteiger partial charge is 0.454 e. The van der Waals surface area contributed by atoms with Gasteiger partial charge in [-0.3, -0.25) is 14.6 Å². The number of para-hydroxylation sites is 1. The van der Waals surface area contributed by atoms with Gasteiger partial charge in [-0.2, -0.15) is 0 Å². The van der Waals surface area contributed by atoms with Crippen LogP contribution in [0.3, 0.4) is 0 Å². The van der Waals surface area contributed by atoms with Gasteiger partial charge >= 0.3 is 5.97 Å². The van der Waals surface area contributed by atoms with Gasteiger partial charge in [0.1, 0.15) is 11.5 Å². The Labute approximate surface area is 201 Å².